The van der Waals surface area contributed by atoms with Crippen LogP contribution in [0.1, 0.15) is 22.9 Å². The number of aromatic amines is 1. The van der Waals surface area contributed by atoms with Gasteiger partial charge in [-0.05, 0) is 13.8 Å². The molecule has 2 N–H and O–H groups in total. The molecule has 0 aliphatic rings. The van der Waals surface area contributed by atoms with E-state index in [0.717, 1.165) is 9.88 Å². The molecule has 1 unspecified atom stereocenters. The topological polar surface area (TPSA) is 70.7 Å². The second kappa shape index (κ2) is 4.85. The van der Waals surface area contributed by atoms with Gasteiger partial charge in [0, 0.05) is 11.1 Å². The Morgan fingerprint density at radius 1 is 1.53 bits per heavy atom. The number of nitrogens with zero attached hydrogens (tertiary/aromatic N) is 2. The summed E-state index contributed by atoms with van der Waals surface area (Å²) >= 11 is 7.47. The Kier molecular flexibility index (Phi) is 3.44. The monoisotopic (exact) mass is 270 g/mol. The number of nitrogens with one attached hydrogen (secondary N) is 2. The Bertz CT molecular complexity index is 580. The highest BCUT2D eigenvalue weighted by Gasteiger charge is 2.12. The zero-order valence-electron chi connectivity index (χ0n) is 9.32. The fourth-order valence-electron chi connectivity index (χ4n) is 1.35. The molecular formula is C10H11ClN4OS. The molecule has 0 aliphatic heterocycles. The number of anilines is 1. The first-order valence-electron chi connectivity index (χ1n) is 5.00. The Morgan fingerprint density at radius 3 is 2.94 bits per heavy atom. The van der Waals surface area contributed by atoms with Crippen LogP contribution >= 0.6 is 22.9 Å². The molecular weight excluding hydrogens is 260 g/mol. The summed E-state index contributed by atoms with van der Waals surface area (Å²) < 4.78 is 0. The van der Waals surface area contributed by atoms with Crippen molar-refractivity contribution in [1.29, 1.82) is 0 Å². The standard InChI is InChI=1S/C10H11ClN4OS/c1-5-3-12-10(17-5)6(2)14-7-4-13-15-9(16)8(7)11/h3-4,6H,1-2H3,(H2,14,15,16). The minimum atomic E-state index is -0.404. The first kappa shape index (κ1) is 12.1. The van der Waals surface area contributed by atoms with Crippen LogP contribution in [0.25, 0.3) is 0 Å². The number of aryl methyl sites for hydroxylation is 1. The van der Waals surface area contributed by atoms with Gasteiger partial charge >= 0.3 is 0 Å². The van der Waals surface area contributed by atoms with Crippen LogP contribution < -0.4 is 10.9 Å². The van der Waals surface area contributed by atoms with Gasteiger partial charge in [0.2, 0.25) is 0 Å². The van der Waals surface area contributed by atoms with Gasteiger partial charge in [-0.25, -0.2) is 10.1 Å². The zero-order chi connectivity index (χ0) is 12.4. The van der Waals surface area contributed by atoms with E-state index in [1.807, 2.05) is 20.0 Å². The molecule has 0 saturated heterocycles. The quantitative estimate of drug-likeness (QED) is 0.898. The summed E-state index contributed by atoms with van der Waals surface area (Å²) in [6.45, 7) is 3.95. The largest absolute Gasteiger partial charge is 0.373 e. The lowest BCUT2D eigenvalue weighted by molar-refractivity contribution is 0.861. The van der Waals surface area contributed by atoms with Crippen LogP contribution in [-0.2, 0) is 0 Å². The summed E-state index contributed by atoms with van der Waals surface area (Å²) in [5, 5.41) is 10.1. The van der Waals surface area contributed by atoms with Crippen LogP contribution in [0, 0.1) is 6.92 Å². The van der Waals surface area contributed by atoms with Gasteiger partial charge in [0.05, 0.1) is 17.9 Å². The van der Waals surface area contributed by atoms with E-state index in [1.54, 1.807) is 11.3 Å². The lowest BCUT2D eigenvalue weighted by atomic mass is 10.3. The normalized spacial score (nSPS) is 12.4. The molecule has 17 heavy (non-hydrogen) atoms. The van der Waals surface area contributed by atoms with Crippen LogP contribution in [0.3, 0.4) is 0 Å². The summed E-state index contributed by atoms with van der Waals surface area (Å²) in [5.41, 5.74) is 0.106. The molecule has 2 rings (SSSR count). The lowest BCUT2D eigenvalue weighted by Crippen LogP contribution is -2.14. The van der Waals surface area contributed by atoms with Gasteiger partial charge in [0.25, 0.3) is 5.56 Å². The Labute approximate surface area is 107 Å². The van der Waals surface area contributed by atoms with E-state index >= 15 is 0 Å². The van der Waals surface area contributed by atoms with Crippen LogP contribution in [0.5, 0.6) is 0 Å². The molecule has 90 valence electrons. The SMILES string of the molecule is Cc1cnc(C(C)Nc2cn[nH]c(=O)c2Cl)s1. The van der Waals surface area contributed by atoms with Gasteiger partial charge in [-0.3, -0.25) is 4.79 Å². The molecule has 5 nitrogen and oxygen atoms in total. The first-order valence-corrected chi connectivity index (χ1v) is 6.19. The van der Waals surface area contributed by atoms with Gasteiger partial charge in [0.15, 0.2) is 0 Å². The number of hydrogen-bond donors (Lipinski definition) is 2. The zero-order valence-corrected chi connectivity index (χ0v) is 10.9. The van der Waals surface area contributed by atoms with E-state index in [-0.39, 0.29) is 11.1 Å². The maximum absolute atomic E-state index is 11.3. The fraction of sp³-hybridized carbons (Fsp3) is 0.300. The number of H-pyrrole nitrogens is 1. The predicted octanol–water partition coefficient (Wildman–Crippen LogP) is 2.36. The third-order valence-electron chi connectivity index (χ3n) is 2.18. The van der Waals surface area contributed by atoms with Crippen LogP contribution in [-0.4, -0.2) is 15.2 Å². The van der Waals surface area contributed by atoms with Crippen molar-refractivity contribution in [3.8, 4) is 0 Å². The second-order valence-electron chi connectivity index (χ2n) is 3.60. The molecule has 2 aromatic heterocycles. The molecule has 0 amide bonds. The van der Waals surface area contributed by atoms with Crippen molar-refractivity contribution in [3.05, 3.63) is 37.7 Å². The molecule has 0 bridgehead atoms. The Morgan fingerprint density at radius 2 is 2.29 bits per heavy atom. The van der Waals surface area contributed by atoms with Crippen molar-refractivity contribution in [2.45, 2.75) is 19.9 Å². The molecule has 2 aromatic rings. The smallest absolute Gasteiger partial charge is 0.285 e. The Hall–Kier alpha value is -1.40. The molecule has 7 heteroatoms. The van der Waals surface area contributed by atoms with Crippen LogP contribution in [0.2, 0.25) is 5.02 Å². The van der Waals surface area contributed by atoms with E-state index in [0.29, 0.717) is 5.69 Å². The van der Waals surface area contributed by atoms with Gasteiger partial charge < -0.3 is 5.32 Å². The fourth-order valence-corrected chi connectivity index (χ4v) is 2.27. The maximum atomic E-state index is 11.3. The van der Waals surface area contributed by atoms with E-state index < -0.39 is 5.56 Å². The molecule has 0 aromatic carbocycles. The molecule has 0 radical (unpaired) electrons. The highest BCUT2D eigenvalue weighted by molar-refractivity contribution is 7.11. The summed E-state index contributed by atoms with van der Waals surface area (Å²) in [4.78, 5) is 16.7. The van der Waals surface area contributed by atoms with Crippen molar-refractivity contribution in [1.82, 2.24) is 15.2 Å². The van der Waals surface area contributed by atoms with Crippen molar-refractivity contribution in [2.75, 3.05) is 5.32 Å². The molecule has 0 fully saturated rings. The third kappa shape index (κ3) is 2.65. The van der Waals surface area contributed by atoms with E-state index in [9.17, 15) is 4.79 Å². The molecule has 1 atom stereocenters. The van der Waals surface area contributed by atoms with Gasteiger partial charge in [-0.1, -0.05) is 11.6 Å². The highest BCUT2D eigenvalue weighted by atomic mass is 35.5. The summed E-state index contributed by atoms with van der Waals surface area (Å²) in [7, 11) is 0. The number of halogens is 1. The molecule has 0 spiro atoms. The average Bonchev–Trinajstić information content (AvgIpc) is 2.72. The number of rotatable bonds is 3. The van der Waals surface area contributed by atoms with E-state index in [2.05, 4.69) is 20.5 Å². The molecule has 2 heterocycles. The van der Waals surface area contributed by atoms with Crippen molar-refractivity contribution in [2.24, 2.45) is 0 Å². The lowest BCUT2D eigenvalue weighted by Gasteiger charge is -2.12. The van der Waals surface area contributed by atoms with Crippen LogP contribution in [0.15, 0.2) is 17.2 Å². The first-order chi connectivity index (χ1) is 8.08. The maximum Gasteiger partial charge on any atom is 0.285 e. The number of hydrogen-bond acceptors (Lipinski definition) is 5. The number of thiazole rings is 1. The summed E-state index contributed by atoms with van der Waals surface area (Å²) in [5.74, 6) is 0. The van der Waals surface area contributed by atoms with Gasteiger partial charge in [-0.2, -0.15) is 5.10 Å². The number of aromatic nitrogens is 3. The van der Waals surface area contributed by atoms with Crippen LogP contribution in [0.4, 0.5) is 5.69 Å². The molecule has 0 aliphatic carbocycles. The minimum absolute atomic E-state index is 0.0187. The van der Waals surface area contributed by atoms with E-state index in [1.165, 1.54) is 6.20 Å². The average molecular weight is 271 g/mol. The second-order valence-corrected chi connectivity index (χ2v) is 5.25. The predicted molar refractivity (Wildman–Crippen MR) is 68.8 cm³/mol. The van der Waals surface area contributed by atoms with Crippen molar-refractivity contribution < 1.29 is 0 Å². The van der Waals surface area contributed by atoms with Crippen molar-refractivity contribution in [3.63, 3.8) is 0 Å². The van der Waals surface area contributed by atoms with Gasteiger partial charge in [0.1, 0.15) is 10.0 Å². The summed E-state index contributed by atoms with van der Waals surface area (Å²) in [6, 6.07) is -0.0187. The Balaban J connectivity index is 2.21. The minimum Gasteiger partial charge on any atom is -0.373 e. The summed E-state index contributed by atoms with van der Waals surface area (Å²) in [6.07, 6.45) is 3.30. The third-order valence-corrected chi connectivity index (χ3v) is 3.65. The molecule has 0 saturated carbocycles. The van der Waals surface area contributed by atoms with Crippen molar-refractivity contribution >= 4 is 28.6 Å². The van der Waals surface area contributed by atoms with Gasteiger partial charge in [-0.15, -0.1) is 11.3 Å². The van der Waals surface area contributed by atoms with E-state index in [4.69, 9.17) is 11.6 Å². The highest BCUT2D eigenvalue weighted by Crippen LogP contribution is 2.25.